The van der Waals surface area contributed by atoms with Crippen molar-refractivity contribution in [2.45, 2.75) is 26.2 Å². The number of nitro groups is 1. The minimum atomic E-state index is -0.937. The third-order valence-corrected chi connectivity index (χ3v) is 4.02. The van der Waals surface area contributed by atoms with Gasteiger partial charge in [0.25, 0.3) is 11.6 Å². The van der Waals surface area contributed by atoms with Gasteiger partial charge >= 0.3 is 5.97 Å². The maximum atomic E-state index is 12.1. The maximum Gasteiger partial charge on any atom is 0.311 e. The van der Waals surface area contributed by atoms with Gasteiger partial charge in [-0.2, -0.15) is 0 Å². The summed E-state index contributed by atoms with van der Waals surface area (Å²) in [7, 11) is 0. The van der Waals surface area contributed by atoms with Gasteiger partial charge in [-0.05, 0) is 25.8 Å². The van der Waals surface area contributed by atoms with E-state index in [4.69, 9.17) is 0 Å². The van der Waals surface area contributed by atoms with Crippen molar-refractivity contribution in [2.75, 3.05) is 6.54 Å². The highest BCUT2D eigenvalue weighted by atomic mass is 16.6. The van der Waals surface area contributed by atoms with Crippen LogP contribution in [0, 0.1) is 22.5 Å². The summed E-state index contributed by atoms with van der Waals surface area (Å²) >= 11 is 0. The topological polar surface area (TPSA) is 110 Å². The van der Waals surface area contributed by atoms with E-state index in [-0.39, 0.29) is 17.8 Å². The molecule has 112 valence electrons. The number of hydrogen-bond acceptors (Lipinski definition) is 4. The minimum absolute atomic E-state index is 0.00768. The molecule has 1 aromatic carbocycles. The Kier molecular flexibility index (Phi) is 3.93. The third kappa shape index (κ3) is 2.72. The van der Waals surface area contributed by atoms with Gasteiger partial charge in [-0.25, -0.2) is 0 Å². The van der Waals surface area contributed by atoms with Crippen LogP contribution in [0.25, 0.3) is 0 Å². The van der Waals surface area contributed by atoms with E-state index in [1.165, 1.54) is 6.07 Å². The number of para-hydroxylation sites is 1. The molecule has 0 heterocycles. The molecule has 1 saturated carbocycles. The molecule has 1 amide bonds. The molecule has 0 saturated heterocycles. The van der Waals surface area contributed by atoms with Crippen LogP contribution in [0.2, 0.25) is 0 Å². The molecule has 0 bridgehead atoms. The molecular weight excluding hydrogens is 276 g/mol. The van der Waals surface area contributed by atoms with Crippen LogP contribution < -0.4 is 5.32 Å². The number of carbonyl (C=O) groups is 2. The Hall–Kier alpha value is -2.44. The van der Waals surface area contributed by atoms with Gasteiger partial charge in [-0.1, -0.05) is 18.6 Å². The van der Waals surface area contributed by atoms with E-state index in [1.54, 1.807) is 19.1 Å². The van der Waals surface area contributed by atoms with Crippen LogP contribution in [0.1, 0.15) is 35.2 Å². The number of carboxylic acids is 1. The van der Waals surface area contributed by atoms with Gasteiger partial charge in [0.1, 0.15) is 5.56 Å². The fraction of sp³-hybridized carbons (Fsp3) is 0.429. The fourth-order valence-corrected chi connectivity index (χ4v) is 2.50. The summed E-state index contributed by atoms with van der Waals surface area (Å²) in [5.41, 5.74) is -0.814. The lowest BCUT2D eigenvalue weighted by atomic mass is 9.69. The summed E-state index contributed by atoms with van der Waals surface area (Å²) in [5.74, 6) is -1.55. The summed E-state index contributed by atoms with van der Waals surface area (Å²) in [6, 6.07) is 4.49. The lowest BCUT2D eigenvalue weighted by Crippen LogP contribution is -2.47. The first-order valence-electron chi connectivity index (χ1n) is 6.63. The molecule has 1 fully saturated rings. The first kappa shape index (κ1) is 15.0. The van der Waals surface area contributed by atoms with E-state index in [2.05, 4.69) is 5.32 Å². The normalized spacial score (nSPS) is 15.9. The monoisotopic (exact) mass is 292 g/mol. The fourth-order valence-electron chi connectivity index (χ4n) is 2.50. The summed E-state index contributed by atoms with van der Waals surface area (Å²) < 4.78 is 0. The molecule has 0 atom stereocenters. The first-order valence-corrected chi connectivity index (χ1v) is 6.63. The predicted molar refractivity (Wildman–Crippen MR) is 74.1 cm³/mol. The van der Waals surface area contributed by atoms with Crippen LogP contribution in [0.4, 0.5) is 5.69 Å². The average Bonchev–Trinajstić information content (AvgIpc) is 2.35. The molecular formula is C14H16N2O5. The van der Waals surface area contributed by atoms with Crippen molar-refractivity contribution in [3.05, 3.63) is 39.4 Å². The first-order chi connectivity index (χ1) is 9.87. The van der Waals surface area contributed by atoms with Gasteiger partial charge < -0.3 is 10.4 Å². The minimum Gasteiger partial charge on any atom is -0.481 e. The van der Waals surface area contributed by atoms with Crippen LogP contribution in [0.5, 0.6) is 0 Å². The summed E-state index contributed by atoms with van der Waals surface area (Å²) in [5, 5.41) is 22.8. The third-order valence-electron chi connectivity index (χ3n) is 4.02. The van der Waals surface area contributed by atoms with Gasteiger partial charge in [0.2, 0.25) is 0 Å². The SMILES string of the molecule is Cc1cccc(C(=O)NCC2(C(=O)O)CCC2)c1[N+](=O)[O-]. The van der Waals surface area contributed by atoms with Gasteiger partial charge in [0.05, 0.1) is 10.3 Å². The number of amides is 1. The highest BCUT2D eigenvalue weighted by molar-refractivity contribution is 5.98. The lowest BCUT2D eigenvalue weighted by molar-refractivity contribution is -0.385. The molecule has 0 aromatic heterocycles. The Balaban J connectivity index is 2.16. The molecule has 0 aliphatic heterocycles. The zero-order chi connectivity index (χ0) is 15.6. The summed E-state index contributed by atoms with van der Waals surface area (Å²) in [4.78, 5) is 33.8. The Labute approximate surface area is 121 Å². The van der Waals surface area contributed by atoms with E-state index < -0.39 is 22.2 Å². The second kappa shape index (κ2) is 5.51. The van der Waals surface area contributed by atoms with Crippen molar-refractivity contribution >= 4 is 17.6 Å². The number of benzene rings is 1. The standard InChI is InChI=1S/C14H16N2O5/c1-9-4-2-5-10(11(9)16(20)21)12(17)15-8-14(13(18)19)6-3-7-14/h2,4-5H,3,6-8H2,1H3,(H,15,17)(H,18,19). The molecule has 2 N–H and O–H groups in total. The van der Waals surface area contributed by atoms with Crippen molar-refractivity contribution in [3.63, 3.8) is 0 Å². The van der Waals surface area contributed by atoms with Gasteiger partial charge in [-0.3, -0.25) is 19.7 Å². The number of aryl methyl sites for hydroxylation is 1. The van der Waals surface area contributed by atoms with Crippen molar-refractivity contribution in [2.24, 2.45) is 5.41 Å². The number of nitrogens with zero attached hydrogens (tertiary/aromatic N) is 1. The molecule has 0 radical (unpaired) electrons. The number of carboxylic acid groups (broad SMARTS) is 1. The van der Waals surface area contributed by atoms with Gasteiger partial charge in [-0.15, -0.1) is 0 Å². The van der Waals surface area contributed by atoms with Gasteiger partial charge in [0, 0.05) is 12.1 Å². The summed E-state index contributed by atoms with van der Waals surface area (Å²) in [6.07, 6.45) is 1.84. The van der Waals surface area contributed by atoms with Crippen LogP contribution in [-0.4, -0.2) is 28.5 Å². The Morgan fingerprint density at radius 3 is 2.57 bits per heavy atom. The molecule has 2 rings (SSSR count). The second-order valence-corrected chi connectivity index (χ2v) is 5.35. The number of nitro benzene ring substituents is 1. The highest BCUT2D eigenvalue weighted by Gasteiger charge is 2.44. The molecule has 1 aliphatic rings. The van der Waals surface area contributed by atoms with Crippen LogP contribution in [0.15, 0.2) is 18.2 Å². The van der Waals surface area contributed by atoms with Gasteiger partial charge in [0.15, 0.2) is 0 Å². The number of carbonyl (C=O) groups excluding carboxylic acids is 1. The van der Waals surface area contributed by atoms with E-state index in [0.717, 1.165) is 6.42 Å². The number of rotatable bonds is 5. The lowest BCUT2D eigenvalue weighted by Gasteiger charge is -2.37. The van der Waals surface area contributed by atoms with E-state index in [1.807, 2.05) is 0 Å². The van der Waals surface area contributed by atoms with E-state index in [0.29, 0.717) is 18.4 Å². The Morgan fingerprint density at radius 1 is 1.43 bits per heavy atom. The smallest absolute Gasteiger partial charge is 0.311 e. The molecule has 1 aliphatic carbocycles. The molecule has 0 unspecified atom stereocenters. The van der Waals surface area contributed by atoms with Crippen LogP contribution in [0.3, 0.4) is 0 Å². The molecule has 21 heavy (non-hydrogen) atoms. The van der Waals surface area contributed by atoms with E-state index >= 15 is 0 Å². The number of nitrogens with one attached hydrogen (secondary N) is 1. The number of aliphatic carboxylic acids is 1. The van der Waals surface area contributed by atoms with Crippen molar-refractivity contribution in [3.8, 4) is 0 Å². The zero-order valence-electron chi connectivity index (χ0n) is 11.6. The zero-order valence-corrected chi connectivity index (χ0v) is 11.6. The summed E-state index contributed by atoms with van der Waals surface area (Å²) in [6.45, 7) is 1.55. The van der Waals surface area contributed by atoms with Crippen molar-refractivity contribution in [1.29, 1.82) is 0 Å². The Morgan fingerprint density at radius 2 is 2.10 bits per heavy atom. The van der Waals surface area contributed by atoms with E-state index in [9.17, 15) is 24.8 Å². The quantitative estimate of drug-likeness (QED) is 0.636. The Bertz CT molecular complexity index is 607. The highest BCUT2D eigenvalue weighted by Crippen LogP contribution is 2.40. The van der Waals surface area contributed by atoms with Crippen molar-refractivity contribution in [1.82, 2.24) is 5.32 Å². The van der Waals surface area contributed by atoms with Crippen LogP contribution >= 0.6 is 0 Å². The second-order valence-electron chi connectivity index (χ2n) is 5.35. The predicted octanol–water partition coefficient (Wildman–Crippen LogP) is 1.89. The molecule has 0 spiro atoms. The van der Waals surface area contributed by atoms with Crippen LogP contribution in [-0.2, 0) is 4.79 Å². The average molecular weight is 292 g/mol. The van der Waals surface area contributed by atoms with Crippen molar-refractivity contribution < 1.29 is 19.6 Å². The molecule has 1 aromatic rings. The molecule has 7 heteroatoms. The number of hydrogen-bond donors (Lipinski definition) is 2. The largest absolute Gasteiger partial charge is 0.481 e. The molecule has 7 nitrogen and oxygen atoms in total. The maximum absolute atomic E-state index is 12.1.